The van der Waals surface area contributed by atoms with Crippen LogP contribution in [0.2, 0.25) is 0 Å². The van der Waals surface area contributed by atoms with E-state index in [1.54, 1.807) is 0 Å². The van der Waals surface area contributed by atoms with Gasteiger partial charge in [0.1, 0.15) is 12.7 Å². The summed E-state index contributed by atoms with van der Waals surface area (Å²) in [5, 5.41) is 5.12. The maximum atomic E-state index is 5.31. The molecular formula is C49H29N5S2. The highest BCUT2D eigenvalue weighted by molar-refractivity contribution is 7.26. The van der Waals surface area contributed by atoms with E-state index >= 15 is 0 Å². The minimum Gasteiger partial charge on any atom is -0.228 e. The topological polar surface area (TPSA) is 64.5 Å². The van der Waals surface area contributed by atoms with Crippen molar-refractivity contribution in [2.24, 2.45) is 0 Å². The number of benzene rings is 7. The standard InChI is InChI=1S/C49H29N5S2/c1-2-9-30(10-3-1)42-27-43(54-49(53-42)34-12-8-11-33(21-34)48-51-28-50-29-52-48)37-23-35(31-17-19-46-40(25-31)38-13-4-6-15-44(38)55-46)22-36(24-37)32-18-20-47-41(26-32)39-14-5-7-16-45(39)56-47/h1-29H. The molecule has 0 saturated carbocycles. The molecule has 4 heterocycles. The summed E-state index contributed by atoms with van der Waals surface area (Å²) in [6, 6.07) is 58.5. The van der Waals surface area contributed by atoms with E-state index in [4.69, 9.17) is 9.97 Å². The molecule has 0 aliphatic heterocycles. The zero-order chi connectivity index (χ0) is 37.0. The Morgan fingerprint density at radius 1 is 0.304 bits per heavy atom. The van der Waals surface area contributed by atoms with Gasteiger partial charge in [-0.1, -0.05) is 97.1 Å². The van der Waals surface area contributed by atoms with Crippen molar-refractivity contribution in [2.75, 3.05) is 0 Å². The monoisotopic (exact) mass is 751 g/mol. The molecule has 0 bridgehead atoms. The van der Waals surface area contributed by atoms with E-state index in [0.717, 1.165) is 55.9 Å². The lowest BCUT2D eigenvalue weighted by Crippen LogP contribution is -1.97. The molecule has 5 nitrogen and oxygen atoms in total. The first-order chi connectivity index (χ1) is 27.7. The summed E-state index contributed by atoms with van der Waals surface area (Å²) < 4.78 is 5.17. The highest BCUT2D eigenvalue weighted by atomic mass is 32.1. The fraction of sp³-hybridized carbons (Fsp3) is 0. The molecule has 0 saturated heterocycles. The lowest BCUT2D eigenvalue weighted by atomic mass is 9.93. The first-order valence-corrected chi connectivity index (χ1v) is 20.0. The molecule has 0 radical (unpaired) electrons. The van der Waals surface area contributed by atoms with Gasteiger partial charge in [-0.3, -0.25) is 0 Å². The number of aromatic nitrogens is 5. The van der Waals surface area contributed by atoms with Gasteiger partial charge in [-0.25, -0.2) is 24.9 Å². The van der Waals surface area contributed by atoms with Crippen molar-refractivity contribution in [1.82, 2.24) is 24.9 Å². The van der Waals surface area contributed by atoms with Gasteiger partial charge in [0.2, 0.25) is 0 Å². The number of nitrogens with zero attached hydrogens (tertiary/aromatic N) is 5. The van der Waals surface area contributed by atoms with Gasteiger partial charge >= 0.3 is 0 Å². The SMILES string of the molecule is c1ccc(-c2cc(-c3cc(-c4ccc5sc6ccccc6c5c4)cc(-c4ccc5sc6ccccc6c5c4)c3)nc(-c3cccc(-c4ncncn4)c3)n2)cc1. The van der Waals surface area contributed by atoms with Gasteiger partial charge in [0, 0.05) is 62.6 Å². The zero-order valence-corrected chi connectivity index (χ0v) is 31.4. The van der Waals surface area contributed by atoms with Crippen LogP contribution in [0.25, 0.3) is 108 Å². The maximum Gasteiger partial charge on any atom is 0.162 e. The van der Waals surface area contributed by atoms with Crippen molar-refractivity contribution in [3.05, 3.63) is 176 Å². The summed E-state index contributed by atoms with van der Waals surface area (Å²) in [5.74, 6) is 1.23. The van der Waals surface area contributed by atoms with Gasteiger partial charge in [-0.15, -0.1) is 22.7 Å². The van der Waals surface area contributed by atoms with Gasteiger partial charge in [-0.05, 0) is 89.0 Å². The molecular weight excluding hydrogens is 723 g/mol. The van der Waals surface area contributed by atoms with E-state index < -0.39 is 0 Å². The first-order valence-electron chi connectivity index (χ1n) is 18.4. The van der Waals surface area contributed by atoms with Crippen molar-refractivity contribution in [2.45, 2.75) is 0 Å². The molecule has 11 rings (SSSR count). The highest BCUT2D eigenvalue weighted by Gasteiger charge is 2.16. The Kier molecular flexibility index (Phi) is 7.79. The summed E-state index contributed by atoms with van der Waals surface area (Å²) in [6.07, 6.45) is 3.03. The van der Waals surface area contributed by atoms with Crippen molar-refractivity contribution in [1.29, 1.82) is 0 Å². The molecule has 7 aromatic carbocycles. The average molecular weight is 752 g/mol. The number of fused-ring (bicyclic) bond motifs is 6. The molecule has 56 heavy (non-hydrogen) atoms. The van der Waals surface area contributed by atoms with Crippen LogP contribution < -0.4 is 0 Å². The third kappa shape index (κ3) is 5.82. The lowest BCUT2D eigenvalue weighted by molar-refractivity contribution is 1.06. The maximum absolute atomic E-state index is 5.31. The van der Waals surface area contributed by atoms with Crippen LogP contribution in [0, 0.1) is 0 Å². The van der Waals surface area contributed by atoms with E-state index in [1.165, 1.54) is 53.0 Å². The Hall–Kier alpha value is -6.93. The van der Waals surface area contributed by atoms with Crippen LogP contribution in [0.15, 0.2) is 176 Å². The Balaban J connectivity index is 1.13. The van der Waals surface area contributed by atoms with Crippen LogP contribution in [-0.2, 0) is 0 Å². The van der Waals surface area contributed by atoms with Crippen molar-refractivity contribution in [3.8, 4) is 67.5 Å². The Morgan fingerprint density at radius 2 is 0.786 bits per heavy atom. The highest BCUT2D eigenvalue weighted by Crippen LogP contribution is 2.41. The van der Waals surface area contributed by atoms with Crippen LogP contribution in [0.3, 0.4) is 0 Å². The molecule has 0 aliphatic carbocycles. The van der Waals surface area contributed by atoms with Gasteiger partial charge in [-0.2, -0.15) is 0 Å². The Labute approximate surface area is 330 Å². The third-order valence-corrected chi connectivity index (χ3v) is 12.6. The molecule has 7 heteroatoms. The smallest absolute Gasteiger partial charge is 0.162 e. The predicted molar refractivity (Wildman–Crippen MR) is 234 cm³/mol. The summed E-state index contributed by atoms with van der Waals surface area (Å²) >= 11 is 3.68. The molecule has 0 unspecified atom stereocenters. The zero-order valence-electron chi connectivity index (χ0n) is 29.8. The average Bonchev–Trinajstić information content (AvgIpc) is 3.84. The molecule has 4 aromatic heterocycles. The summed E-state index contributed by atoms with van der Waals surface area (Å²) in [7, 11) is 0. The van der Waals surface area contributed by atoms with Crippen molar-refractivity contribution >= 4 is 63.0 Å². The minimum absolute atomic E-state index is 0.601. The van der Waals surface area contributed by atoms with E-state index in [-0.39, 0.29) is 0 Å². The van der Waals surface area contributed by atoms with E-state index in [2.05, 4.69) is 136 Å². The number of thiophene rings is 2. The van der Waals surface area contributed by atoms with Gasteiger partial charge in [0.15, 0.2) is 11.6 Å². The quantitative estimate of drug-likeness (QED) is 0.169. The van der Waals surface area contributed by atoms with Crippen LogP contribution in [0.4, 0.5) is 0 Å². The molecule has 0 N–H and O–H groups in total. The fourth-order valence-corrected chi connectivity index (χ4v) is 9.76. The van der Waals surface area contributed by atoms with Crippen molar-refractivity contribution in [3.63, 3.8) is 0 Å². The number of hydrogen-bond donors (Lipinski definition) is 0. The molecule has 0 atom stereocenters. The second kappa shape index (κ2) is 13.4. The first kappa shape index (κ1) is 32.5. The van der Waals surface area contributed by atoms with Crippen LogP contribution in [-0.4, -0.2) is 24.9 Å². The normalized spacial score (nSPS) is 11.6. The predicted octanol–water partition coefficient (Wildman–Crippen LogP) is 13.4. The second-order valence-corrected chi connectivity index (χ2v) is 16.0. The van der Waals surface area contributed by atoms with Gasteiger partial charge in [0.05, 0.1) is 11.4 Å². The fourth-order valence-electron chi connectivity index (χ4n) is 7.59. The van der Waals surface area contributed by atoms with E-state index in [0.29, 0.717) is 11.6 Å². The van der Waals surface area contributed by atoms with E-state index in [1.807, 2.05) is 65.1 Å². The third-order valence-electron chi connectivity index (χ3n) is 10.3. The van der Waals surface area contributed by atoms with Gasteiger partial charge < -0.3 is 0 Å². The van der Waals surface area contributed by atoms with Crippen molar-refractivity contribution < 1.29 is 0 Å². The molecule has 0 amide bonds. The van der Waals surface area contributed by atoms with Crippen LogP contribution in [0.1, 0.15) is 0 Å². The molecule has 0 fully saturated rings. The summed E-state index contributed by atoms with van der Waals surface area (Å²) in [6.45, 7) is 0. The minimum atomic E-state index is 0.601. The van der Waals surface area contributed by atoms with Crippen LogP contribution >= 0.6 is 22.7 Å². The molecule has 0 spiro atoms. The molecule has 262 valence electrons. The lowest BCUT2D eigenvalue weighted by Gasteiger charge is -2.14. The summed E-state index contributed by atoms with van der Waals surface area (Å²) in [4.78, 5) is 23.2. The van der Waals surface area contributed by atoms with E-state index in [9.17, 15) is 0 Å². The summed E-state index contributed by atoms with van der Waals surface area (Å²) in [5.41, 5.74) is 10.0. The molecule has 11 aromatic rings. The van der Waals surface area contributed by atoms with Crippen LogP contribution in [0.5, 0.6) is 0 Å². The Bertz CT molecular complexity index is 3130. The number of rotatable bonds is 6. The Morgan fingerprint density at radius 3 is 1.41 bits per heavy atom. The largest absolute Gasteiger partial charge is 0.228 e. The second-order valence-electron chi connectivity index (χ2n) is 13.8. The number of hydrogen-bond acceptors (Lipinski definition) is 7. The van der Waals surface area contributed by atoms with Gasteiger partial charge in [0.25, 0.3) is 0 Å². The molecule has 0 aliphatic rings.